The van der Waals surface area contributed by atoms with Crippen molar-refractivity contribution in [2.24, 2.45) is 0 Å². The van der Waals surface area contributed by atoms with Crippen molar-refractivity contribution in [3.8, 4) is 17.2 Å². The maximum Gasteiger partial charge on any atom is 0.186 e. The predicted octanol–water partition coefficient (Wildman–Crippen LogP) is 6.98. The normalized spacial score (nSPS) is 12.8. The highest BCUT2D eigenvalue weighted by molar-refractivity contribution is 7.66. The second kappa shape index (κ2) is 9.43. The Bertz CT molecular complexity index is 915. The summed E-state index contributed by atoms with van der Waals surface area (Å²) in [4.78, 5) is 13.5. The van der Waals surface area contributed by atoms with Gasteiger partial charge in [-0.15, -0.1) is 0 Å². The van der Waals surface area contributed by atoms with Crippen molar-refractivity contribution < 1.29 is 19.0 Å². The summed E-state index contributed by atoms with van der Waals surface area (Å²) in [6.07, 6.45) is 0. The zero-order valence-corrected chi connectivity index (χ0v) is 22.5. The van der Waals surface area contributed by atoms with Crippen molar-refractivity contribution in [1.29, 1.82) is 0 Å². The molecule has 5 heteroatoms. The van der Waals surface area contributed by atoms with Crippen LogP contribution in [0, 0.1) is 13.8 Å². The summed E-state index contributed by atoms with van der Waals surface area (Å²) in [6, 6.07) is 9.69. The lowest BCUT2D eigenvalue weighted by Gasteiger charge is -2.29. The zero-order chi connectivity index (χ0) is 24.5. The van der Waals surface area contributed by atoms with E-state index in [4.69, 9.17) is 14.2 Å². The first kappa shape index (κ1) is 26.2. The van der Waals surface area contributed by atoms with Crippen LogP contribution in [-0.2, 0) is 0 Å². The topological polar surface area (TPSA) is 44.8 Å². The summed E-state index contributed by atoms with van der Waals surface area (Å²) in [6.45, 7) is 21.9. The fourth-order valence-corrected chi connectivity index (χ4v) is 4.51. The van der Waals surface area contributed by atoms with Gasteiger partial charge in [-0.05, 0) is 95.9 Å². The number of carbonyl (C=O) groups excluding carboxylic acids is 1. The van der Waals surface area contributed by atoms with Gasteiger partial charge in [0.15, 0.2) is 5.52 Å². The fourth-order valence-electron chi connectivity index (χ4n) is 3.27. The summed E-state index contributed by atoms with van der Waals surface area (Å²) in [5.41, 5.74) is 1.53. The van der Waals surface area contributed by atoms with Crippen molar-refractivity contribution in [2.75, 3.05) is 0 Å². The van der Waals surface area contributed by atoms with Crippen LogP contribution in [0.5, 0.6) is 17.2 Å². The van der Waals surface area contributed by atoms with E-state index in [1.807, 2.05) is 106 Å². The molecule has 0 heterocycles. The third-order valence-corrected chi connectivity index (χ3v) is 5.46. The second-order valence-electron chi connectivity index (χ2n) is 11.2. The first-order valence-electron chi connectivity index (χ1n) is 11.1. The molecule has 176 valence electrons. The highest BCUT2D eigenvalue weighted by Gasteiger charge is 2.26. The van der Waals surface area contributed by atoms with Crippen LogP contribution in [0.15, 0.2) is 30.3 Å². The molecule has 2 aromatic carbocycles. The maximum atomic E-state index is 13.5. The minimum atomic E-state index is -0.444. The Morgan fingerprint density at radius 1 is 0.719 bits per heavy atom. The quantitative estimate of drug-likeness (QED) is 0.438. The van der Waals surface area contributed by atoms with Crippen LogP contribution < -0.4 is 19.5 Å². The molecule has 0 aliphatic heterocycles. The molecule has 0 bridgehead atoms. The molecule has 4 nitrogen and oxygen atoms in total. The van der Waals surface area contributed by atoms with Gasteiger partial charge in [0.05, 0.1) is 5.30 Å². The Morgan fingerprint density at radius 3 is 1.50 bits per heavy atom. The van der Waals surface area contributed by atoms with Crippen LogP contribution in [0.4, 0.5) is 0 Å². The van der Waals surface area contributed by atoms with Gasteiger partial charge in [-0.2, -0.15) is 0 Å². The van der Waals surface area contributed by atoms with Gasteiger partial charge in [0, 0.05) is 17.7 Å². The summed E-state index contributed by atoms with van der Waals surface area (Å²) in [5, 5.41) is 0.767. The average molecular weight is 459 g/mol. The summed E-state index contributed by atoms with van der Waals surface area (Å²) in [7, 11) is -0.142. The molecule has 0 N–H and O–H groups in total. The molecule has 2 aromatic rings. The largest absolute Gasteiger partial charge is 0.488 e. The Balaban J connectivity index is 2.66. The lowest BCUT2D eigenvalue weighted by Crippen LogP contribution is -2.29. The van der Waals surface area contributed by atoms with Gasteiger partial charge in [-0.25, -0.2) is 0 Å². The van der Waals surface area contributed by atoms with E-state index < -0.39 is 11.2 Å². The van der Waals surface area contributed by atoms with Crippen LogP contribution in [0.25, 0.3) is 0 Å². The molecule has 0 radical (unpaired) electrons. The summed E-state index contributed by atoms with van der Waals surface area (Å²) >= 11 is 0. The molecule has 0 saturated carbocycles. The van der Waals surface area contributed by atoms with Crippen LogP contribution in [0.1, 0.15) is 83.8 Å². The Hall–Kier alpha value is -2.06. The predicted molar refractivity (Wildman–Crippen MR) is 136 cm³/mol. The molecular weight excluding hydrogens is 419 g/mol. The number of hydrogen-bond donors (Lipinski definition) is 0. The van der Waals surface area contributed by atoms with Gasteiger partial charge in [0.2, 0.25) is 0 Å². The highest BCUT2D eigenvalue weighted by Crippen LogP contribution is 2.38. The molecule has 2 rings (SSSR count). The minimum Gasteiger partial charge on any atom is -0.488 e. The maximum absolute atomic E-state index is 13.5. The summed E-state index contributed by atoms with van der Waals surface area (Å²) < 4.78 is 18.8. The Morgan fingerprint density at radius 2 is 1.12 bits per heavy atom. The van der Waals surface area contributed by atoms with E-state index in [1.165, 1.54) is 0 Å². The average Bonchev–Trinajstić information content (AvgIpc) is 2.53. The van der Waals surface area contributed by atoms with Crippen LogP contribution >= 0.6 is 8.58 Å². The van der Waals surface area contributed by atoms with Gasteiger partial charge in [-0.1, -0.05) is 18.2 Å². The van der Waals surface area contributed by atoms with E-state index >= 15 is 0 Å². The molecule has 32 heavy (non-hydrogen) atoms. The fraction of sp³-hybridized carbons (Fsp3) is 0.519. The Kier molecular flexibility index (Phi) is 7.72. The third kappa shape index (κ3) is 7.81. The van der Waals surface area contributed by atoms with E-state index in [1.54, 1.807) is 0 Å². The van der Waals surface area contributed by atoms with Crippen molar-refractivity contribution in [3.05, 3.63) is 47.0 Å². The van der Waals surface area contributed by atoms with Gasteiger partial charge in [0.25, 0.3) is 0 Å². The summed E-state index contributed by atoms with van der Waals surface area (Å²) in [5.74, 6) is 1.90. The van der Waals surface area contributed by atoms with Crippen LogP contribution in [0.2, 0.25) is 0 Å². The third-order valence-electron chi connectivity index (χ3n) is 4.24. The van der Waals surface area contributed by atoms with Gasteiger partial charge in [-0.3, -0.25) is 4.79 Å². The highest BCUT2D eigenvalue weighted by atomic mass is 31.1. The zero-order valence-electron chi connectivity index (χ0n) is 21.5. The molecular formula is C27H39O4P. The molecule has 0 aliphatic rings. The number of aryl methyl sites for hydroxylation is 2. The molecule has 0 aliphatic carbocycles. The lowest BCUT2D eigenvalue weighted by molar-refractivity contribution is 0.107. The van der Waals surface area contributed by atoms with Gasteiger partial charge in [0.1, 0.15) is 34.1 Å². The van der Waals surface area contributed by atoms with E-state index in [0.717, 1.165) is 22.0 Å². The van der Waals surface area contributed by atoms with Crippen molar-refractivity contribution in [3.63, 3.8) is 0 Å². The van der Waals surface area contributed by atoms with E-state index in [0.29, 0.717) is 17.2 Å². The number of carbonyl (C=O) groups is 1. The van der Waals surface area contributed by atoms with E-state index in [2.05, 4.69) is 0 Å². The monoisotopic (exact) mass is 458 g/mol. The smallest absolute Gasteiger partial charge is 0.186 e. The number of ether oxygens (including phenoxy) is 3. The lowest BCUT2D eigenvalue weighted by atomic mass is 10.0. The molecule has 0 aromatic heterocycles. The van der Waals surface area contributed by atoms with E-state index in [9.17, 15) is 4.79 Å². The molecule has 0 amide bonds. The molecule has 1 unspecified atom stereocenters. The van der Waals surface area contributed by atoms with Crippen molar-refractivity contribution in [2.45, 2.75) is 93.0 Å². The van der Waals surface area contributed by atoms with Crippen molar-refractivity contribution in [1.82, 2.24) is 0 Å². The van der Waals surface area contributed by atoms with Gasteiger partial charge >= 0.3 is 0 Å². The van der Waals surface area contributed by atoms with Crippen LogP contribution in [0.3, 0.4) is 0 Å². The Labute approximate surface area is 195 Å². The van der Waals surface area contributed by atoms with Gasteiger partial charge < -0.3 is 14.2 Å². The second-order valence-corrected chi connectivity index (χ2v) is 12.4. The SMILES string of the molecule is Cc1cccc(C)c1C(=O)Pc1c(OC(C)(C)C)cc(OC(C)(C)C)cc1OC(C)(C)C. The minimum absolute atomic E-state index is 0.0719. The molecule has 0 saturated heterocycles. The van der Waals surface area contributed by atoms with E-state index in [-0.39, 0.29) is 19.7 Å². The molecule has 1 atom stereocenters. The first-order valence-corrected chi connectivity index (χ1v) is 12.1. The number of rotatable bonds is 6. The first-order chi connectivity index (χ1) is 14.5. The number of hydrogen-bond acceptors (Lipinski definition) is 4. The van der Waals surface area contributed by atoms with Crippen LogP contribution in [-0.4, -0.2) is 22.3 Å². The molecule has 0 fully saturated rings. The molecule has 0 spiro atoms. The van der Waals surface area contributed by atoms with Crippen molar-refractivity contribution >= 4 is 19.4 Å². The standard InChI is InChI=1S/C27H39O4P/c1-17-13-12-14-18(2)22(17)24(28)32-23-20(30-26(6,7)8)15-19(29-25(3,4)5)16-21(23)31-27(9,10)11/h12-16,32H,1-11H3. The number of benzene rings is 2.